The standard InChI is InChI=1S/C46H54O25/c1-22(49)60-19-32-38(62-24(3)51)37(59)40(63-25(4)52)44(65-32)69-41-39(67-34(56)16-10-27-6-12-29(54)13-7-27)33(20-61-23(2)50)66-45(42(41)64-26(5)53)71-46(21-48)43(36(58)31(18-47)70-46)68-35(57)17-11-28-8-14-30(55)15-9-28/h6-17,31-33,36-45,47-48,54-55,58-59H,18-21H2,1-5H3/b16-10+,17-11+/t31-,32-,33-,36-,37+,38-,39-,40-,41+,42-,43+,44+,45-,46+/m1/s1. The molecule has 0 spiro atoms. The van der Waals surface area contributed by atoms with Gasteiger partial charge in [0.25, 0.3) is 0 Å². The Balaban J connectivity index is 1.63. The fraction of sp³-hybridized carbons (Fsp3) is 0.500. The zero-order chi connectivity index (χ0) is 52.2. The second-order valence-corrected chi connectivity index (χ2v) is 16.0. The molecule has 71 heavy (non-hydrogen) atoms. The van der Waals surface area contributed by atoms with Crippen molar-refractivity contribution in [3.05, 3.63) is 71.8 Å². The van der Waals surface area contributed by atoms with Crippen molar-refractivity contribution in [2.45, 2.75) is 120 Å². The van der Waals surface area contributed by atoms with Crippen LogP contribution in [0.1, 0.15) is 45.7 Å². The van der Waals surface area contributed by atoms with Crippen LogP contribution >= 0.6 is 0 Å². The maximum Gasteiger partial charge on any atom is 0.331 e. The molecule has 0 unspecified atom stereocenters. The van der Waals surface area contributed by atoms with E-state index in [1.807, 2.05) is 0 Å². The molecule has 2 aromatic carbocycles. The van der Waals surface area contributed by atoms with Gasteiger partial charge in [-0.3, -0.25) is 24.0 Å². The first-order valence-corrected chi connectivity index (χ1v) is 21.7. The van der Waals surface area contributed by atoms with E-state index in [1.54, 1.807) is 0 Å². The van der Waals surface area contributed by atoms with Crippen molar-refractivity contribution in [3.63, 3.8) is 0 Å². The number of benzene rings is 2. The Labute approximate surface area is 404 Å². The number of hydrogen-bond donors (Lipinski definition) is 6. The van der Waals surface area contributed by atoms with Crippen LogP contribution in [-0.2, 0) is 90.4 Å². The van der Waals surface area contributed by atoms with Crippen molar-refractivity contribution in [3.8, 4) is 11.5 Å². The highest BCUT2D eigenvalue weighted by molar-refractivity contribution is 5.88. The van der Waals surface area contributed by atoms with Gasteiger partial charge in [0.2, 0.25) is 12.1 Å². The number of hydrogen-bond acceptors (Lipinski definition) is 25. The van der Waals surface area contributed by atoms with Crippen LogP contribution in [0.5, 0.6) is 11.5 Å². The lowest BCUT2D eigenvalue weighted by atomic mass is 9.96. The van der Waals surface area contributed by atoms with Gasteiger partial charge in [-0.2, -0.15) is 0 Å². The molecule has 388 valence electrons. The summed E-state index contributed by atoms with van der Waals surface area (Å²) in [6.45, 7) is 1.06. The third-order valence-electron chi connectivity index (χ3n) is 10.6. The zero-order valence-corrected chi connectivity index (χ0v) is 38.7. The maximum atomic E-state index is 13.8. The van der Waals surface area contributed by atoms with E-state index in [2.05, 4.69) is 0 Å². The van der Waals surface area contributed by atoms with E-state index in [-0.39, 0.29) is 11.5 Å². The Bertz CT molecular complexity index is 2240. The first-order valence-electron chi connectivity index (χ1n) is 21.7. The fourth-order valence-electron chi connectivity index (χ4n) is 7.51. The van der Waals surface area contributed by atoms with Crippen LogP contribution in [0, 0.1) is 0 Å². The van der Waals surface area contributed by atoms with Crippen molar-refractivity contribution in [2.24, 2.45) is 0 Å². The molecule has 3 saturated heterocycles. The van der Waals surface area contributed by atoms with E-state index in [1.165, 1.54) is 60.7 Å². The number of carbonyl (C=O) groups excluding carboxylic acids is 7. The Morgan fingerprint density at radius 2 is 1.01 bits per heavy atom. The summed E-state index contributed by atoms with van der Waals surface area (Å²) in [6.07, 6.45) is -20.7. The number of phenols is 2. The number of aliphatic hydroxyl groups is 4. The van der Waals surface area contributed by atoms with E-state index in [4.69, 9.17) is 56.8 Å². The van der Waals surface area contributed by atoms with Crippen LogP contribution in [0.15, 0.2) is 60.7 Å². The van der Waals surface area contributed by atoms with E-state index >= 15 is 0 Å². The molecule has 3 aliphatic rings. The van der Waals surface area contributed by atoms with Crippen molar-refractivity contribution in [1.82, 2.24) is 0 Å². The van der Waals surface area contributed by atoms with Gasteiger partial charge in [-0.1, -0.05) is 24.3 Å². The average molecular weight is 1010 g/mol. The molecule has 2 aromatic rings. The lowest BCUT2D eigenvalue weighted by Crippen LogP contribution is -2.68. The van der Waals surface area contributed by atoms with E-state index in [0.29, 0.717) is 11.1 Å². The SMILES string of the molecule is CC(=O)OC[C@H]1O[C@@H](O[C@@H]2[C@@H](OC(C)=O)[C@@H](O[C@]3(CO)O[C@H](CO)[C@@H](O)[C@@H]3OC(=O)/C=C/c3ccc(O)cc3)O[C@H](COC(C)=O)[C@H]2OC(=O)/C=C/c2ccc(O)cc2)[C@H](OC(C)=O)[C@@H](O)[C@@H]1OC(C)=O. The second kappa shape index (κ2) is 25.0. The minimum Gasteiger partial charge on any atom is -0.508 e. The second-order valence-electron chi connectivity index (χ2n) is 16.0. The molecular formula is C46H54O25. The molecule has 0 aromatic heterocycles. The highest BCUT2D eigenvalue weighted by atomic mass is 16.8. The summed E-state index contributed by atoms with van der Waals surface area (Å²) in [4.78, 5) is 89.2. The van der Waals surface area contributed by atoms with Crippen LogP contribution in [0.3, 0.4) is 0 Å². The fourth-order valence-corrected chi connectivity index (χ4v) is 7.51. The summed E-state index contributed by atoms with van der Waals surface area (Å²) in [5.74, 6) is -10.1. The summed E-state index contributed by atoms with van der Waals surface area (Å²) >= 11 is 0. The van der Waals surface area contributed by atoms with Gasteiger partial charge < -0.3 is 87.5 Å². The Morgan fingerprint density at radius 1 is 0.549 bits per heavy atom. The highest BCUT2D eigenvalue weighted by Crippen LogP contribution is 2.41. The van der Waals surface area contributed by atoms with Gasteiger partial charge in [0.1, 0.15) is 67.9 Å². The first kappa shape index (κ1) is 55.4. The summed E-state index contributed by atoms with van der Waals surface area (Å²) in [5.41, 5.74) is 0.812. The summed E-state index contributed by atoms with van der Waals surface area (Å²) in [5, 5.41) is 63.6. The number of carbonyl (C=O) groups is 7. The first-order chi connectivity index (χ1) is 33.6. The van der Waals surface area contributed by atoms with Crippen LogP contribution in [0.25, 0.3) is 12.2 Å². The Morgan fingerprint density at radius 3 is 1.49 bits per heavy atom. The lowest BCUT2D eigenvalue weighted by molar-refractivity contribution is -0.399. The molecule has 25 nitrogen and oxygen atoms in total. The van der Waals surface area contributed by atoms with Gasteiger partial charge >= 0.3 is 41.8 Å². The highest BCUT2D eigenvalue weighted by Gasteiger charge is 2.63. The molecule has 3 fully saturated rings. The molecule has 25 heteroatoms. The smallest absolute Gasteiger partial charge is 0.331 e. The predicted molar refractivity (Wildman–Crippen MR) is 231 cm³/mol. The number of ether oxygens (including phenoxy) is 12. The van der Waals surface area contributed by atoms with Crippen LogP contribution in [-0.4, -0.2) is 184 Å². The third-order valence-corrected chi connectivity index (χ3v) is 10.6. The molecule has 3 heterocycles. The molecular weight excluding hydrogens is 952 g/mol. The van der Waals surface area contributed by atoms with Gasteiger partial charge in [0.05, 0.1) is 6.61 Å². The largest absolute Gasteiger partial charge is 0.508 e. The molecule has 3 aliphatic heterocycles. The molecule has 0 bridgehead atoms. The minimum absolute atomic E-state index is 0.0630. The topological polar surface area (TPSA) is 352 Å². The normalized spacial score (nSPS) is 30.5. The molecule has 14 atom stereocenters. The van der Waals surface area contributed by atoms with Gasteiger partial charge in [-0.15, -0.1) is 0 Å². The number of phenolic OH excluding ortho intramolecular Hbond substituents is 2. The predicted octanol–water partition coefficient (Wildman–Crippen LogP) is -0.778. The minimum atomic E-state index is -2.74. The van der Waals surface area contributed by atoms with Crippen molar-refractivity contribution < 1.29 is 121 Å². The maximum absolute atomic E-state index is 13.8. The number of aromatic hydroxyl groups is 2. The van der Waals surface area contributed by atoms with E-state index < -0.39 is 154 Å². The summed E-state index contributed by atoms with van der Waals surface area (Å²) in [6, 6.07) is 11.1. The molecule has 5 rings (SSSR count). The Kier molecular flexibility index (Phi) is 19.5. The van der Waals surface area contributed by atoms with Crippen LogP contribution in [0.2, 0.25) is 0 Å². The molecule has 0 saturated carbocycles. The number of rotatable bonds is 19. The number of aliphatic hydroxyl groups excluding tert-OH is 4. The monoisotopic (exact) mass is 1010 g/mol. The quantitative estimate of drug-likeness (QED) is 0.0571. The Hall–Kier alpha value is -6.55. The van der Waals surface area contributed by atoms with E-state index in [0.717, 1.165) is 46.8 Å². The molecule has 0 aliphatic carbocycles. The van der Waals surface area contributed by atoms with Gasteiger partial charge in [-0.05, 0) is 47.5 Å². The van der Waals surface area contributed by atoms with Crippen molar-refractivity contribution in [2.75, 3.05) is 26.4 Å². The molecule has 0 amide bonds. The zero-order valence-electron chi connectivity index (χ0n) is 38.7. The van der Waals surface area contributed by atoms with Crippen molar-refractivity contribution >= 4 is 53.9 Å². The summed E-state index contributed by atoms with van der Waals surface area (Å²) in [7, 11) is 0. The average Bonchev–Trinajstić information content (AvgIpc) is 3.57. The van der Waals surface area contributed by atoms with Gasteiger partial charge in [-0.25, -0.2) is 9.59 Å². The summed E-state index contributed by atoms with van der Waals surface area (Å²) < 4.78 is 68.9. The van der Waals surface area contributed by atoms with Gasteiger partial charge in [0.15, 0.2) is 36.8 Å². The van der Waals surface area contributed by atoms with Gasteiger partial charge in [0, 0.05) is 46.8 Å². The van der Waals surface area contributed by atoms with Crippen molar-refractivity contribution in [1.29, 1.82) is 0 Å². The lowest BCUT2D eigenvalue weighted by Gasteiger charge is -2.49. The van der Waals surface area contributed by atoms with Crippen LogP contribution in [0.4, 0.5) is 0 Å². The van der Waals surface area contributed by atoms with Crippen LogP contribution < -0.4 is 0 Å². The third kappa shape index (κ3) is 15.0. The molecule has 0 radical (unpaired) electrons. The molecule has 6 N–H and O–H groups in total. The number of esters is 7. The van der Waals surface area contributed by atoms with E-state index in [9.17, 15) is 64.2 Å².